The molecule has 144 valence electrons. The highest BCUT2D eigenvalue weighted by Gasteiger charge is 2.39. The topological polar surface area (TPSA) is 113 Å². The number of amides is 2. The van der Waals surface area contributed by atoms with Gasteiger partial charge in [-0.1, -0.05) is 31.4 Å². The van der Waals surface area contributed by atoms with Gasteiger partial charge in [0.25, 0.3) is 5.91 Å². The Balaban J connectivity index is 2.00. The quantitative estimate of drug-likeness (QED) is 0.564. The minimum absolute atomic E-state index is 0.0383. The van der Waals surface area contributed by atoms with Crippen molar-refractivity contribution in [3.63, 3.8) is 0 Å². The molecule has 2 N–H and O–H groups in total. The van der Waals surface area contributed by atoms with Crippen LogP contribution in [-0.4, -0.2) is 47.6 Å². The van der Waals surface area contributed by atoms with Gasteiger partial charge in [-0.05, 0) is 25.0 Å². The van der Waals surface area contributed by atoms with E-state index in [4.69, 9.17) is 10.5 Å². The van der Waals surface area contributed by atoms with Crippen LogP contribution in [0.5, 0.6) is 0 Å². The molecule has 1 aliphatic rings. The number of carbonyl (C=O) groups is 3. The third-order valence-electron chi connectivity index (χ3n) is 4.71. The summed E-state index contributed by atoms with van der Waals surface area (Å²) < 4.78 is 5.17. The summed E-state index contributed by atoms with van der Waals surface area (Å²) in [5.41, 5.74) is 4.59. The van der Waals surface area contributed by atoms with Crippen molar-refractivity contribution >= 4 is 29.5 Å². The molecule has 1 aromatic carbocycles. The van der Waals surface area contributed by atoms with Gasteiger partial charge < -0.3 is 15.4 Å². The number of thioether (sulfide) groups is 1. The number of nitriles is 1. The molecule has 7 nitrogen and oxygen atoms in total. The van der Waals surface area contributed by atoms with Gasteiger partial charge in [0.2, 0.25) is 5.91 Å². The Morgan fingerprint density at radius 3 is 2.56 bits per heavy atom. The van der Waals surface area contributed by atoms with Gasteiger partial charge in [0.05, 0.1) is 17.4 Å². The highest BCUT2D eigenvalue weighted by molar-refractivity contribution is 8.00. The fourth-order valence-electron chi connectivity index (χ4n) is 3.11. The van der Waals surface area contributed by atoms with E-state index in [0.717, 1.165) is 31.0 Å². The molecule has 2 amide bonds. The molecule has 0 aromatic heterocycles. The van der Waals surface area contributed by atoms with Crippen molar-refractivity contribution in [1.29, 1.82) is 5.26 Å². The molecule has 1 aliphatic carbocycles. The first-order valence-corrected chi connectivity index (χ1v) is 9.73. The predicted octanol–water partition coefficient (Wildman–Crippen LogP) is 2.11. The fourth-order valence-corrected chi connectivity index (χ4v) is 3.89. The maximum atomic E-state index is 12.5. The van der Waals surface area contributed by atoms with Crippen LogP contribution in [0.1, 0.15) is 42.5 Å². The lowest BCUT2D eigenvalue weighted by atomic mass is 9.81. The number of carbonyl (C=O) groups excluding carboxylic acids is 3. The Bertz CT molecular complexity index is 754. The fraction of sp³-hybridized carbons (Fsp3) is 0.474. The molecule has 0 spiro atoms. The Labute approximate surface area is 162 Å². The van der Waals surface area contributed by atoms with E-state index in [-0.39, 0.29) is 11.3 Å². The highest BCUT2D eigenvalue weighted by Crippen LogP contribution is 2.32. The van der Waals surface area contributed by atoms with Crippen LogP contribution in [-0.2, 0) is 14.3 Å². The number of ether oxygens (including phenoxy) is 1. The van der Waals surface area contributed by atoms with E-state index in [9.17, 15) is 19.6 Å². The third-order valence-corrected chi connectivity index (χ3v) is 5.80. The van der Waals surface area contributed by atoms with E-state index in [0.29, 0.717) is 17.7 Å². The normalized spacial score (nSPS) is 15.4. The lowest BCUT2D eigenvalue weighted by Gasteiger charge is -2.38. The smallest absolute Gasteiger partial charge is 0.339 e. The molecule has 1 aromatic rings. The van der Waals surface area contributed by atoms with E-state index in [2.05, 4.69) is 6.07 Å². The molecular weight excluding hydrogens is 366 g/mol. The molecule has 0 aliphatic heterocycles. The number of primary amides is 1. The SMILES string of the molecule is CN(C(=O)COC(=O)c1ccccc1SCC(N)=O)C1(C#N)CCCCC1. The molecule has 27 heavy (non-hydrogen) atoms. The standard InChI is InChI=1S/C19H23N3O4S/c1-22(19(13-20)9-5-2-6-10-19)17(24)11-26-18(25)14-7-3-4-8-15(14)27-12-16(21)23/h3-4,7-8H,2,5-6,9-12H2,1H3,(H2,21,23). The van der Waals surface area contributed by atoms with Crippen molar-refractivity contribution in [3.8, 4) is 6.07 Å². The Morgan fingerprint density at radius 2 is 1.93 bits per heavy atom. The largest absolute Gasteiger partial charge is 0.452 e. The van der Waals surface area contributed by atoms with Gasteiger partial charge in [0.15, 0.2) is 6.61 Å². The number of hydrogen-bond acceptors (Lipinski definition) is 6. The highest BCUT2D eigenvalue weighted by atomic mass is 32.2. The number of nitrogens with two attached hydrogens (primary N) is 1. The van der Waals surface area contributed by atoms with Gasteiger partial charge in [-0.15, -0.1) is 11.8 Å². The average molecular weight is 389 g/mol. The van der Waals surface area contributed by atoms with Crippen LogP contribution in [0.25, 0.3) is 0 Å². The minimum atomic E-state index is -0.822. The lowest BCUT2D eigenvalue weighted by molar-refractivity contribution is -0.138. The van der Waals surface area contributed by atoms with Crippen LogP contribution >= 0.6 is 11.8 Å². The first kappa shape index (κ1) is 20.8. The summed E-state index contributed by atoms with van der Waals surface area (Å²) in [5.74, 6) is -1.52. The van der Waals surface area contributed by atoms with Crippen LogP contribution < -0.4 is 5.73 Å². The Hall–Kier alpha value is -2.53. The van der Waals surface area contributed by atoms with Gasteiger partial charge in [-0.2, -0.15) is 5.26 Å². The van der Waals surface area contributed by atoms with Crippen molar-refractivity contribution in [2.45, 2.75) is 42.5 Å². The van der Waals surface area contributed by atoms with Crippen LogP contribution in [0.2, 0.25) is 0 Å². The molecule has 0 unspecified atom stereocenters. The van der Waals surface area contributed by atoms with Gasteiger partial charge in [0, 0.05) is 11.9 Å². The predicted molar refractivity (Wildman–Crippen MR) is 101 cm³/mol. The van der Waals surface area contributed by atoms with E-state index in [1.807, 2.05) is 0 Å². The Kier molecular flexibility index (Phi) is 7.25. The van der Waals surface area contributed by atoms with Crippen molar-refractivity contribution in [3.05, 3.63) is 29.8 Å². The van der Waals surface area contributed by atoms with E-state index >= 15 is 0 Å². The second-order valence-corrected chi connectivity index (χ2v) is 7.50. The number of rotatable bonds is 7. The molecule has 2 rings (SSSR count). The molecule has 1 fully saturated rings. The summed E-state index contributed by atoms with van der Waals surface area (Å²) >= 11 is 1.14. The molecule has 0 bridgehead atoms. The average Bonchev–Trinajstić information content (AvgIpc) is 2.70. The van der Waals surface area contributed by atoms with Gasteiger partial charge >= 0.3 is 5.97 Å². The second kappa shape index (κ2) is 9.42. The number of esters is 1. The number of likely N-dealkylation sites (N-methyl/N-ethyl adjacent to an activating group) is 1. The van der Waals surface area contributed by atoms with E-state index in [1.165, 1.54) is 4.90 Å². The zero-order valence-electron chi connectivity index (χ0n) is 15.3. The monoisotopic (exact) mass is 389 g/mol. The van der Waals surface area contributed by atoms with Gasteiger partial charge in [0.1, 0.15) is 5.54 Å². The minimum Gasteiger partial charge on any atom is -0.452 e. The van der Waals surface area contributed by atoms with Crippen LogP contribution in [0.4, 0.5) is 0 Å². The maximum absolute atomic E-state index is 12.5. The first-order valence-electron chi connectivity index (χ1n) is 8.75. The molecule has 0 heterocycles. The summed E-state index contributed by atoms with van der Waals surface area (Å²) in [7, 11) is 1.58. The maximum Gasteiger partial charge on any atom is 0.339 e. The van der Waals surface area contributed by atoms with Crippen molar-refractivity contribution in [2.24, 2.45) is 5.73 Å². The van der Waals surface area contributed by atoms with Gasteiger partial charge in [-0.3, -0.25) is 9.59 Å². The molecule has 1 saturated carbocycles. The summed E-state index contributed by atoms with van der Waals surface area (Å²) in [6.45, 7) is -0.437. The first-order chi connectivity index (χ1) is 12.9. The van der Waals surface area contributed by atoms with Crippen LogP contribution in [0.3, 0.4) is 0 Å². The number of hydrogen-bond donors (Lipinski definition) is 1. The van der Waals surface area contributed by atoms with E-state index < -0.39 is 29.9 Å². The molecular formula is C19H23N3O4S. The summed E-state index contributed by atoms with van der Waals surface area (Å²) in [6.07, 6.45) is 4.11. The second-order valence-electron chi connectivity index (χ2n) is 6.48. The lowest BCUT2D eigenvalue weighted by Crippen LogP contribution is -2.51. The molecule has 0 atom stereocenters. The van der Waals surface area contributed by atoms with Crippen LogP contribution in [0.15, 0.2) is 29.2 Å². The van der Waals surface area contributed by atoms with Crippen molar-refractivity contribution in [2.75, 3.05) is 19.4 Å². The summed E-state index contributed by atoms with van der Waals surface area (Å²) in [6, 6.07) is 8.93. The summed E-state index contributed by atoms with van der Waals surface area (Å²) in [4.78, 5) is 37.8. The molecule has 0 radical (unpaired) electrons. The number of nitrogens with zero attached hydrogens (tertiary/aromatic N) is 2. The van der Waals surface area contributed by atoms with Crippen molar-refractivity contribution < 1.29 is 19.1 Å². The zero-order valence-corrected chi connectivity index (χ0v) is 16.1. The number of benzene rings is 1. The molecule has 0 saturated heterocycles. The van der Waals surface area contributed by atoms with Gasteiger partial charge in [-0.25, -0.2) is 4.79 Å². The third kappa shape index (κ3) is 5.23. The van der Waals surface area contributed by atoms with E-state index in [1.54, 1.807) is 31.3 Å². The molecule has 8 heteroatoms. The Morgan fingerprint density at radius 1 is 1.26 bits per heavy atom. The summed E-state index contributed by atoms with van der Waals surface area (Å²) in [5, 5.41) is 9.56. The zero-order chi connectivity index (χ0) is 19.9. The van der Waals surface area contributed by atoms with Crippen LogP contribution in [0, 0.1) is 11.3 Å². The van der Waals surface area contributed by atoms with Crippen molar-refractivity contribution in [1.82, 2.24) is 4.90 Å².